The van der Waals surface area contributed by atoms with Crippen LogP contribution in [0.1, 0.15) is 26.3 Å². The van der Waals surface area contributed by atoms with Crippen molar-refractivity contribution in [1.29, 1.82) is 0 Å². The second-order valence-corrected chi connectivity index (χ2v) is 8.33. The Hall–Kier alpha value is -3.81. The third kappa shape index (κ3) is 4.37. The van der Waals surface area contributed by atoms with Gasteiger partial charge in [0, 0.05) is 29.1 Å². The Balaban J connectivity index is 1.81. The zero-order chi connectivity index (χ0) is 22.2. The van der Waals surface area contributed by atoms with E-state index < -0.39 is 0 Å². The average molecular weight is 418 g/mol. The number of nitrogens with zero attached hydrogens (tertiary/aromatic N) is 4. The summed E-state index contributed by atoms with van der Waals surface area (Å²) < 4.78 is 15.6. The molecule has 0 fully saturated rings. The molecule has 0 aliphatic rings. The lowest BCUT2D eigenvalue weighted by Crippen LogP contribution is -2.43. The molecule has 0 aliphatic heterocycles. The Morgan fingerprint density at radius 2 is 1.87 bits per heavy atom. The summed E-state index contributed by atoms with van der Waals surface area (Å²) in [5, 5.41) is 10.1. The number of halogens is 1. The van der Waals surface area contributed by atoms with E-state index in [4.69, 9.17) is 4.98 Å². The number of carbonyl (C=O) groups is 1. The van der Waals surface area contributed by atoms with Crippen LogP contribution in [0.5, 0.6) is 0 Å². The van der Waals surface area contributed by atoms with Gasteiger partial charge in [0.25, 0.3) is 0 Å². The number of rotatable bonds is 3. The SMILES string of the molecule is Cc1cc(-c2nc3cccnn3c2-c2ccnc(NC(=O)NC(C)(C)C)c2)ccc1F. The van der Waals surface area contributed by atoms with E-state index in [0.29, 0.717) is 22.7 Å². The van der Waals surface area contributed by atoms with Crippen LogP contribution in [0, 0.1) is 12.7 Å². The average Bonchev–Trinajstić information content (AvgIpc) is 3.08. The van der Waals surface area contributed by atoms with Crippen LogP contribution in [0.2, 0.25) is 0 Å². The van der Waals surface area contributed by atoms with Crippen LogP contribution >= 0.6 is 0 Å². The summed E-state index contributed by atoms with van der Waals surface area (Å²) in [5.74, 6) is 0.124. The minimum Gasteiger partial charge on any atom is -0.333 e. The molecule has 0 bridgehead atoms. The number of aromatic nitrogens is 4. The van der Waals surface area contributed by atoms with Crippen molar-refractivity contribution >= 4 is 17.5 Å². The van der Waals surface area contributed by atoms with E-state index in [2.05, 4.69) is 20.7 Å². The molecule has 2 amide bonds. The number of nitrogens with one attached hydrogen (secondary N) is 2. The first-order valence-electron chi connectivity index (χ1n) is 9.87. The Kier molecular flexibility index (Phi) is 5.14. The van der Waals surface area contributed by atoms with Gasteiger partial charge >= 0.3 is 6.03 Å². The van der Waals surface area contributed by atoms with Gasteiger partial charge in [0.1, 0.15) is 17.3 Å². The highest BCUT2D eigenvalue weighted by atomic mass is 19.1. The number of fused-ring (bicyclic) bond motifs is 1. The second-order valence-electron chi connectivity index (χ2n) is 8.33. The smallest absolute Gasteiger partial charge is 0.320 e. The number of carbonyl (C=O) groups excluding carboxylic acids is 1. The van der Waals surface area contributed by atoms with Gasteiger partial charge in [0.05, 0.1) is 5.69 Å². The number of urea groups is 1. The molecule has 4 aromatic rings. The molecule has 158 valence electrons. The molecular formula is C23H23FN6O. The van der Waals surface area contributed by atoms with Gasteiger partial charge in [-0.25, -0.2) is 23.7 Å². The monoisotopic (exact) mass is 418 g/mol. The third-order valence-corrected chi connectivity index (χ3v) is 4.59. The van der Waals surface area contributed by atoms with Crippen LogP contribution in [0.3, 0.4) is 0 Å². The summed E-state index contributed by atoms with van der Waals surface area (Å²) in [7, 11) is 0. The maximum absolute atomic E-state index is 13.8. The zero-order valence-electron chi connectivity index (χ0n) is 17.8. The van der Waals surface area contributed by atoms with Crippen LogP contribution in [0.15, 0.2) is 54.9 Å². The number of imidazole rings is 1. The van der Waals surface area contributed by atoms with Crippen molar-refractivity contribution in [1.82, 2.24) is 24.9 Å². The third-order valence-electron chi connectivity index (χ3n) is 4.59. The number of aryl methyl sites for hydroxylation is 1. The highest BCUT2D eigenvalue weighted by Gasteiger charge is 2.19. The lowest BCUT2D eigenvalue weighted by atomic mass is 10.0. The molecule has 2 N–H and O–H groups in total. The fourth-order valence-corrected chi connectivity index (χ4v) is 3.28. The predicted octanol–water partition coefficient (Wildman–Crippen LogP) is 4.83. The Morgan fingerprint density at radius 1 is 1.06 bits per heavy atom. The number of benzene rings is 1. The molecule has 8 heteroatoms. The highest BCUT2D eigenvalue weighted by Crippen LogP contribution is 2.33. The molecule has 3 heterocycles. The molecule has 0 saturated carbocycles. The van der Waals surface area contributed by atoms with Gasteiger partial charge in [-0.2, -0.15) is 5.10 Å². The van der Waals surface area contributed by atoms with Crippen LogP contribution in [-0.4, -0.2) is 31.2 Å². The minimum absolute atomic E-state index is 0.271. The lowest BCUT2D eigenvalue weighted by Gasteiger charge is -2.20. The van der Waals surface area contributed by atoms with Crippen molar-refractivity contribution in [2.24, 2.45) is 0 Å². The Labute approximate surface area is 179 Å². The van der Waals surface area contributed by atoms with Crippen molar-refractivity contribution in [3.63, 3.8) is 0 Å². The molecule has 0 saturated heterocycles. The van der Waals surface area contributed by atoms with Gasteiger partial charge < -0.3 is 5.32 Å². The Bertz CT molecular complexity index is 1270. The van der Waals surface area contributed by atoms with Crippen molar-refractivity contribution < 1.29 is 9.18 Å². The number of amides is 2. The minimum atomic E-state index is -0.374. The van der Waals surface area contributed by atoms with Crippen molar-refractivity contribution in [2.75, 3.05) is 5.32 Å². The van der Waals surface area contributed by atoms with E-state index in [1.165, 1.54) is 6.07 Å². The van der Waals surface area contributed by atoms with Gasteiger partial charge in [-0.3, -0.25) is 5.32 Å². The van der Waals surface area contributed by atoms with Gasteiger partial charge in [-0.15, -0.1) is 0 Å². The van der Waals surface area contributed by atoms with Gasteiger partial charge in [-0.1, -0.05) is 0 Å². The van der Waals surface area contributed by atoms with Gasteiger partial charge in [0.2, 0.25) is 0 Å². The summed E-state index contributed by atoms with van der Waals surface area (Å²) in [6.45, 7) is 7.42. The molecule has 31 heavy (non-hydrogen) atoms. The lowest BCUT2D eigenvalue weighted by molar-refractivity contribution is 0.243. The van der Waals surface area contributed by atoms with E-state index in [1.807, 2.05) is 39.0 Å². The predicted molar refractivity (Wildman–Crippen MR) is 118 cm³/mol. The molecule has 0 spiro atoms. The van der Waals surface area contributed by atoms with Crippen molar-refractivity contribution in [3.05, 3.63) is 66.2 Å². The molecule has 1 aromatic carbocycles. The maximum atomic E-state index is 13.8. The zero-order valence-corrected chi connectivity index (χ0v) is 17.8. The number of hydrogen-bond acceptors (Lipinski definition) is 4. The normalized spacial score (nSPS) is 11.5. The summed E-state index contributed by atoms with van der Waals surface area (Å²) in [6.07, 6.45) is 3.29. The highest BCUT2D eigenvalue weighted by molar-refractivity contribution is 5.90. The fraction of sp³-hybridized carbons (Fsp3) is 0.217. The number of hydrogen-bond donors (Lipinski definition) is 2. The van der Waals surface area contributed by atoms with E-state index in [9.17, 15) is 9.18 Å². The van der Waals surface area contributed by atoms with E-state index in [0.717, 1.165) is 16.8 Å². The van der Waals surface area contributed by atoms with E-state index in [1.54, 1.807) is 42.0 Å². The largest absolute Gasteiger partial charge is 0.333 e. The molecule has 0 radical (unpaired) electrons. The quantitative estimate of drug-likeness (QED) is 0.499. The molecule has 0 atom stereocenters. The van der Waals surface area contributed by atoms with Crippen LogP contribution in [0.4, 0.5) is 15.0 Å². The number of pyridine rings is 1. The van der Waals surface area contributed by atoms with Crippen molar-refractivity contribution in [3.8, 4) is 22.5 Å². The maximum Gasteiger partial charge on any atom is 0.320 e. The molecule has 3 aromatic heterocycles. The first kappa shape index (κ1) is 20.5. The van der Waals surface area contributed by atoms with E-state index >= 15 is 0 Å². The fourth-order valence-electron chi connectivity index (χ4n) is 3.28. The Morgan fingerprint density at radius 3 is 2.61 bits per heavy atom. The molecule has 7 nitrogen and oxygen atoms in total. The first-order valence-corrected chi connectivity index (χ1v) is 9.87. The topological polar surface area (TPSA) is 84.2 Å². The second kappa shape index (κ2) is 7.79. The molecule has 4 rings (SSSR count). The van der Waals surface area contributed by atoms with Gasteiger partial charge in [0.15, 0.2) is 5.65 Å². The van der Waals surface area contributed by atoms with Crippen molar-refractivity contribution in [2.45, 2.75) is 33.2 Å². The summed E-state index contributed by atoms with van der Waals surface area (Å²) >= 11 is 0. The summed E-state index contributed by atoms with van der Waals surface area (Å²) in [6, 6.07) is 11.8. The molecule has 0 aliphatic carbocycles. The summed E-state index contributed by atoms with van der Waals surface area (Å²) in [5.41, 5.74) is 3.75. The standard InChI is InChI=1S/C23H23FN6O/c1-14-12-15(7-8-17(14)24)20-21(30-19(28-20)6-5-10-26-30)16-9-11-25-18(13-16)27-22(31)29-23(2,3)4/h5-13H,1-4H3,(H2,25,27,29,31). The molecule has 0 unspecified atom stereocenters. The first-order chi connectivity index (χ1) is 14.7. The number of anilines is 1. The van der Waals surface area contributed by atoms with E-state index in [-0.39, 0.29) is 17.4 Å². The van der Waals surface area contributed by atoms with Crippen LogP contribution in [0.25, 0.3) is 28.2 Å². The van der Waals surface area contributed by atoms with Crippen LogP contribution < -0.4 is 10.6 Å². The van der Waals surface area contributed by atoms with Gasteiger partial charge in [-0.05, 0) is 75.7 Å². The summed E-state index contributed by atoms with van der Waals surface area (Å²) in [4.78, 5) is 21.3. The van der Waals surface area contributed by atoms with Crippen LogP contribution in [-0.2, 0) is 0 Å². The molecular weight excluding hydrogens is 395 g/mol.